The summed E-state index contributed by atoms with van der Waals surface area (Å²) in [6, 6.07) is 10.4. The lowest BCUT2D eigenvalue weighted by Crippen LogP contribution is -2.43. The number of hydrogen-bond acceptors (Lipinski definition) is 4. The van der Waals surface area contributed by atoms with Gasteiger partial charge in [0.15, 0.2) is 0 Å². The van der Waals surface area contributed by atoms with Crippen LogP contribution in [0.4, 0.5) is 5.00 Å². The first-order valence-electron chi connectivity index (χ1n) is 10.7. The van der Waals surface area contributed by atoms with Crippen molar-refractivity contribution in [1.82, 2.24) is 9.97 Å². The van der Waals surface area contributed by atoms with E-state index in [1.807, 2.05) is 37.3 Å². The molecule has 32 heavy (non-hydrogen) atoms. The number of H-pyrrole nitrogens is 1. The lowest BCUT2D eigenvalue weighted by Gasteiger charge is -2.25. The molecule has 8 heteroatoms. The molecule has 2 atom stereocenters. The number of halogens is 1. The van der Waals surface area contributed by atoms with Gasteiger partial charge in [-0.2, -0.15) is 0 Å². The Balaban J connectivity index is 1.85. The number of carbonyl (C=O) groups is 2. The Hall–Kier alpha value is -2.64. The molecule has 3 rings (SSSR count). The summed E-state index contributed by atoms with van der Waals surface area (Å²) < 4.78 is 0. The van der Waals surface area contributed by atoms with Gasteiger partial charge in [0.2, 0.25) is 5.91 Å². The number of carbonyl (C=O) groups excluding carboxylic acids is 1. The molecule has 6 nitrogen and oxygen atoms in total. The van der Waals surface area contributed by atoms with Crippen molar-refractivity contribution in [2.24, 2.45) is 0 Å². The van der Waals surface area contributed by atoms with Crippen molar-refractivity contribution in [3.8, 4) is 0 Å². The van der Waals surface area contributed by atoms with Gasteiger partial charge in [-0.15, -0.1) is 11.3 Å². The van der Waals surface area contributed by atoms with Crippen LogP contribution in [0.25, 0.3) is 0 Å². The molecule has 1 unspecified atom stereocenters. The van der Waals surface area contributed by atoms with Crippen LogP contribution in [0.3, 0.4) is 0 Å². The highest BCUT2D eigenvalue weighted by Crippen LogP contribution is 2.33. The van der Waals surface area contributed by atoms with E-state index in [-0.39, 0.29) is 18.2 Å². The summed E-state index contributed by atoms with van der Waals surface area (Å²) in [5, 5.41) is 10.8. The number of imidazole rings is 1. The summed E-state index contributed by atoms with van der Waals surface area (Å²) >= 11 is 7.86. The summed E-state index contributed by atoms with van der Waals surface area (Å²) in [6.45, 7) is 5.58. The van der Waals surface area contributed by atoms with Gasteiger partial charge in [0.25, 0.3) is 0 Å². The fraction of sp³-hybridized carbons (Fsp3) is 0.375. The maximum absolute atomic E-state index is 13.1. The number of nitrogens with one attached hydrogen (secondary N) is 1. The van der Waals surface area contributed by atoms with Crippen molar-refractivity contribution in [2.75, 3.05) is 4.90 Å². The Morgan fingerprint density at radius 3 is 2.62 bits per heavy atom. The topological polar surface area (TPSA) is 86.3 Å². The minimum absolute atomic E-state index is 0.00138. The molecule has 1 amide bonds. The Kier molecular flexibility index (Phi) is 8.10. The molecule has 0 aliphatic carbocycles. The maximum Gasteiger partial charge on any atom is 0.326 e. The maximum atomic E-state index is 13.1. The van der Waals surface area contributed by atoms with E-state index in [1.54, 1.807) is 12.3 Å². The lowest BCUT2D eigenvalue weighted by atomic mass is 9.93. The number of aromatic amines is 1. The molecule has 0 saturated heterocycles. The number of carboxylic acids is 1. The number of unbranched alkanes of at least 4 members (excludes halogenated alkanes) is 1. The van der Waals surface area contributed by atoms with E-state index in [0.717, 1.165) is 35.5 Å². The molecule has 3 aromatic rings. The average Bonchev–Trinajstić information content (AvgIpc) is 3.39. The quantitative estimate of drug-likeness (QED) is 0.389. The average molecular weight is 474 g/mol. The Bertz CT molecular complexity index is 1080. The van der Waals surface area contributed by atoms with Gasteiger partial charge in [0.05, 0.1) is 11.4 Å². The number of hydrogen-bond donors (Lipinski definition) is 2. The zero-order valence-corrected chi connectivity index (χ0v) is 20.0. The highest BCUT2D eigenvalue weighted by molar-refractivity contribution is 7.16. The van der Waals surface area contributed by atoms with Crippen LogP contribution < -0.4 is 4.90 Å². The van der Waals surface area contributed by atoms with E-state index in [9.17, 15) is 14.7 Å². The van der Waals surface area contributed by atoms with E-state index in [1.165, 1.54) is 23.2 Å². The van der Waals surface area contributed by atoms with Gasteiger partial charge in [-0.25, -0.2) is 9.78 Å². The smallest absolute Gasteiger partial charge is 0.326 e. The number of carboxylic acid groups (broad SMARTS) is 1. The second-order valence-electron chi connectivity index (χ2n) is 7.85. The summed E-state index contributed by atoms with van der Waals surface area (Å²) in [6.07, 6.45) is 4.65. The fourth-order valence-electron chi connectivity index (χ4n) is 3.69. The van der Waals surface area contributed by atoms with Crippen molar-refractivity contribution in [3.05, 3.63) is 69.6 Å². The van der Waals surface area contributed by atoms with E-state index >= 15 is 0 Å². The number of aryl methyl sites for hydroxylation is 1. The number of amides is 1. The second-order valence-corrected chi connectivity index (χ2v) is 9.52. The van der Waals surface area contributed by atoms with Gasteiger partial charge in [0, 0.05) is 27.7 Å². The van der Waals surface area contributed by atoms with Crippen LogP contribution in [-0.2, 0) is 16.0 Å². The normalized spacial score (nSPS) is 13.0. The van der Waals surface area contributed by atoms with Crippen LogP contribution in [-0.4, -0.2) is 33.0 Å². The third-order valence-corrected chi connectivity index (χ3v) is 6.77. The highest BCUT2D eigenvalue weighted by atomic mass is 35.5. The molecule has 2 heterocycles. The SMILES string of the molecule is CCCCC(c1ncc(CC(=O)N(c2ccc(C)s2)[C@@H](C)C(=O)O)[nH]1)c1ccccc1Cl. The predicted octanol–water partition coefficient (Wildman–Crippen LogP) is 5.80. The van der Waals surface area contributed by atoms with E-state index in [4.69, 9.17) is 11.6 Å². The number of benzene rings is 1. The number of aromatic nitrogens is 2. The van der Waals surface area contributed by atoms with Crippen molar-refractivity contribution >= 4 is 39.8 Å². The third kappa shape index (κ3) is 5.58. The standard InChI is InChI=1S/C24H28ClN3O3S/c1-4-5-8-19(18-9-6-7-10-20(18)25)23-26-14-17(27-23)13-21(29)28(16(3)24(30)31)22-12-11-15(2)32-22/h6-7,9-12,14,16,19H,4-5,8,13H2,1-3H3,(H,26,27)(H,30,31)/t16-,19?/m0/s1. The zero-order valence-electron chi connectivity index (χ0n) is 18.5. The summed E-state index contributed by atoms with van der Waals surface area (Å²) in [7, 11) is 0. The van der Waals surface area contributed by atoms with Gasteiger partial charge in [-0.3, -0.25) is 9.69 Å². The Morgan fingerprint density at radius 2 is 2.00 bits per heavy atom. The van der Waals surface area contributed by atoms with Gasteiger partial charge >= 0.3 is 5.97 Å². The van der Waals surface area contributed by atoms with Crippen LogP contribution in [0.15, 0.2) is 42.6 Å². The molecule has 170 valence electrons. The van der Waals surface area contributed by atoms with Crippen LogP contribution in [0.5, 0.6) is 0 Å². The molecular formula is C24H28ClN3O3S. The molecule has 0 saturated carbocycles. The minimum atomic E-state index is -1.05. The second kappa shape index (κ2) is 10.8. The first-order valence-corrected chi connectivity index (χ1v) is 11.9. The van der Waals surface area contributed by atoms with Gasteiger partial charge < -0.3 is 10.1 Å². The van der Waals surface area contributed by atoms with Crippen molar-refractivity contribution in [2.45, 2.75) is 58.4 Å². The van der Waals surface area contributed by atoms with Gasteiger partial charge in [0.1, 0.15) is 11.9 Å². The van der Waals surface area contributed by atoms with Gasteiger partial charge in [-0.05, 0) is 44.0 Å². The summed E-state index contributed by atoms with van der Waals surface area (Å²) in [5.74, 6) is -0.575. The van der Waals surface area contributed by atoms with E-state index in [0.29, 0.717) is 15.7 Å². The number of nitrogens with zero attached hydrogens (tertiary/aromatic N) is 2. The number of aliphatic carboxylic acids is 1. The molecular weight excluding hydrogens is 446 g/mol. The molecule has 2 N–H and O–H groups in total. The molecule has 0 aliphatic rings. The van der Waals surface area contributed by atoms with Crippen molar-refractivity contribution in [1.29, 1.82) is 0 Å². The third-order valence-electron chi connectivity index (χ3n) is 5.42. The van der Waals surface area contributed by atoms with Crippen molar-refractivity contribution in [3.63, 3.8) is 0 Å². The number of thiophene rings is 1. The van der Waals surface area contributed by atoms with Gasteiger partial charge in [-0.1, -0.05) is 49.6 Å². The first-order chi connectivity index (χ1) is 15.3. The van der Waals surface area contributed by atoms with Crippen LogP contribution in [0.1, 0.15) is 61.0 Å². The predicted molar refractivity (Wildman–Crippen MR) is 129 cm³/mol. The molecule has 0 spiro atoms. The summed E-state index contributed by atoms with van der Waals surface area (Å²) in [5.41, 5.74) is 1.65. The lowest BCUT2D eigenvalue weighted by molar-refractivity contribution is -0.139. The first kappa shape index (κ1) is 24.0. The zero-order chi connectivity index (χ0) is 23.3. The largest absolute Gasteiger partial charge is 0.480 e. The Morgan fingerprint density at radius 1 is 1.25 bits per heavy atom. The molecule has 0 fully saturated rings. The summed E-state index contributed by atoms with van der Waals surface area (Å²) in [4.78, 5) is 35.0. The van der Waals surface area contributed by atoms with Crippen LogP contribution in [0.2, 0.25) is 5.02 Å². The minimum Gasteiger partial charge on any atom is -0.480 e. The molecule has 0 radical (unpaired) electrons. The molecule has 0 bridgehead atoms. The Labute approximate surface area is 197 Å². The van der Waals surface area contributed by atoms with E-state index in [2.05, 4.69) is 16.9 Å². The monoisotopic (exact) mass is 473 g/mol. The van der Waals surface area contributed by atoms with Crippen LogP contribution >= 0.6 is 22.9 Å². The molecule has 2 aromatic heterocycles. The van der Waals surface area contributed by atoms with E-state index < -0.39 is 12.0 Å². The molecule has 1 aromatic carbocycles. The fourth-order valence-corrected chi connectivity index (χ4v) is 4.92. The number of anilines is 1. The van der Waals surface area contributed by atoms with Crippen molar-refractivity contribution < 1.29 is 14.7 Å². The number of rotatable bonds is 10. The van der Waals surface area contributed by atoms with Crippen LogP contribution in [0, 0.1) is 6.92 Å². The highest BCUT2D eigenvalue weighted by Gasteiger charge is 2.29. The molecule has 0 aliphatic heterocycles.